The van der Waals surface area contributed by atoms with Crippen LogP contribution in [0.4, 0.5) is 0 Å². The van der Waals surface area contributed by atoms with Gasteiger partial charge in [-0.05, 0) is 37.5 Å². The first-order valence-electron chi connectivity index (χ1n) is 6.30. The average Bonchev–Trinajstić information content (AvgIpc) is 2.68. The first-order chi connectivity index (χ1) is 8.17. The minimum absolute atomic E-state index is 0.298. The molecule has 2 rings (SSSR count). The Hall–Kier alpha value is -0.830. The molecule has 0 aliphatic rings. The number of halogens is 1. The van der Waals surface area contributed by atoms with Crippen LogP contribution >= 0.6 is 15.9 Å². The first-order valence-corrected chi connectivity index (χ1v) is 7.22. The molecule has 1 aromatic carbocycles. The molecule has 0 fully saturated rings. The Balaban J connectivity index is 2.61. The van der Waals surface area contributed by atoms with Gasteiger partial charge in [-0.2, -0.15) is 0 Å². The van der Waals surface area contributed by atoms with Crippen LogP contribution in [-0.4, -0.2) is 9.55 Å². The van der Waals surface area contributed by atoms with Gasteiger partial charge < -0.3 is 4.57 Å². The first kappa shape index (κ1) is 12.6. The smallest absolute Gasteiger partial charge is 0.123 e. The third-order valence-electron chi connectivity index (χ3n) is 3.05. The van der Waals surface area contributed by atoms with E-state index in [9.17, 15) is 0 Å². The lowest BCUT2D eigenvalue weighted by molar-refractivity contribution is 0.658. The number of fused-ring (bicyclic) bond motifs is 1. The van der Waals surface area contributed by atoms with Crippen molar-refractivity contribution in [2.75, 3.05) is 0 Å². The molecule has 2 aromatic rings. The molecule has 1 aromatic heterocycles. The second kappa shape index (κ2) is 5.21. The van der Waals surface area contributed by atoms with Crippen LogP contribution in [0.3, 0.4) is 0 Å². The minimum atomic E-state index is 0.298. The van der Waals surface area contributed by atoms with E-state index in [2.05, 4.69) is 59.5 Å². The Kier molecular flexibility index (Phi) is 3.87. The molecular weight excluding hydrogens is 276 g/mol. The monoisotopic (exact) mass is 294 g/mol. The lowest BCUT2D eigenvalue weighted by atomic mass is 10.1. The molecule has 0 saturated heterocycles. The van der Waals surface area contributed by atoms with Crippen LogP contribution in [0.2, 0.25) is 0 Å². The summed E-state index contributed by atoms with van der Waals surface area (Å²) in [7, 11) is 0. The van der Waals surface area contributed by atoms with Crippen LogP contribution in [0.15, 0.2) is 18.2 Å². The molecule has 0 radical (unpaired) electrons. The molecule has 0 bridgehead atoms. The summed E-state index contributed by atoms with van der Waals surface area (Å²) >= 11 is 3.63. The van der Waals surface area contributed by atoms with E-state index in [1.807, 2.05) is 0 Å². The van der Waals surface area contributed by atoms with Crippen LogP contribution in [0, 0.1) is 0 Å². The predicted octanol–water partition coefficient (Wildman–Crippen LogP) is 4.46. The molecule has 0 aliphatic heterocycles. The van der Waals surface area contributed by atoms with E-state index >= 15 is 0 Å². The second-order valence-electron chi connectivity index (χ2n) is 4.41. The summed E-state index contributed by atoms with van der Waals surface area (Å²) in [5.74, 6) is 1.13. The topological polar surface area (TPSA) is 17.8 Å². The van der Waals surface area contributed by atoms with Crippen molar-refractivity contribution in [3.63, 3.8) is 0 Å². The molecule has 3 heteroatoms. The van der Waals surface area contributed by atoms with Gasteiger partial charge in [0.25, 0.3) is 0 Å². The number of hydrogen-bond donors (Lipinski definition) is 0. The summed E-state index contributed by atoms with van der Waals surface area (Å²) in [6, 6.07) is 6.62. The predicted molar refractivity (Wildman–Crippen MR) is 76.7 cm³/mol. The Morgan fingerprint density at radius 1 is 1.35 bits per heavy atom. The van der Waals surface area contributed by atoms with Crippen LogP contribution in [0.25, 0.3) is 11.0 Å². The second-order valence-corrected chi connectivity index (χ2v) is 5.79. The molecule has 0 amide bonds. The van der Waals surface area contributed by atoms with Crippen LogP contribution < -0.4 is 0 Å². The molecule has 92 valence electrons. The maximum atomic E-state index is 4.76. The third-order valence-corrected chi connectivity index (χ3v) is 3.46. The average molecular weight is 295 g/mol. The maximum absolute atomic E-state index is 4.76. The highest BCUT2D eigenvalue weighted by Crippen LogP contribution is 2.26. The maximum Gasteiger partial charge on any atom is 0.123 e. The van der Waals surface area contributed by atoms with Crippen LogP contribution in [0.5, 0.6) is 0 Å². The van der Waals surface area contributed by atoms with Crippen molar-refractivity contribution >= 4 is 27.0 Å². The molecule has 1 unspecified atom stereocenters. The van der Waals surface area contributed by atoms with Crippen molar-refractivity contribution in [3.05, 3.63) is 29.6 Å². The molecule has 0 aliphatic carbocycles. The van der Waals surface area contributed by atoms with Gasteiger partial charge >= 0.3 is 0 Å². The Morgan fingerprint density at radius 3 is 2.71 bits per heavy atom. The van der Waals surface area contributed by atoms with Gasteiger partial charge in [0.2, 0.25) is 0 Å². The molecule has 0 spiro atoms. The highest BCUT2D eigenvalue weighted by molar-refractivity contribution is 9.09. The number of aromatic nitrogens is 2. The van der Waals surface area contributed by atoms with Crippen molar-refractivity contribution in [2.45, 2.75) is 45.0 Å². The van der Waals surface area contributed by atoms with Gasteiger partial charge in [-0.15, -0.1) is 0 Å². The number of benzene rings is 1. The van der Waals surface area contributed by atoms with E-state index in [0.29, 0.717) is 4.83 Å². The summed E-state index contributed by atoms with van der Waals surface area (Å²) in [6.07, 6.45) is 2.20. The van der Waals surface area contributed by atoms with Gasteiger partial charge in [0.05, 0.1) is 15.9 Å². The Morgan fingerprint density at radius 2 is 2.12 bits per heavy atom. The third kappa shape index (κ3) is 2.39. The van der Waals surface area contributed by atoms with Crippen molar-refractivity contribution in [1.29, 1.82) is 0 Å². The van der Waals surface area contributed by atoms with E-state index < -0.39 is 0 Å². The molecule has 2 nitrogen and oxygen atoms in total. The molecule has 0 N–H and O–H groups in total. The Labute approximate surface area is 111 Å². The standard InChI is InChI=1S/C14H19BrN2/c1-4-8-17-13-7-6-11(5-2)9-12(13)16-14(17)10(3)15/h6-7,9-10H,4-5,8H2,1-3H3. The number of aryl methyl sites for hydroxylation is 2. The zero-order chi connectivity index (χ0) is 12.4. The number of nitrogens with zero attached hydrogens (tertiary/aromatic N) is 2. The number of rotatable bonds is 4. The van der Waals surface area contributed by atoms with Gasteiger partial charge in [0.15, 0.2) is 0 Å². The van der Waals surface area contributed by atoms with Crippen LogP contribution in [0.1, 0.15) is 43.4 Å². The van der Waals surface area contributed by atoms with Crippen molar-refractivity contribution in [3.8, 4) is 0 Å². The zero-order valence-corrected chi connectivity index (χ0v) is 12.3. The van der Waals surface area contributed by atoms with E-state index in [0.717, 1.165) is 30.7 Å². The summed E-state index contributed by atoms with van der Waals surface area (Å²) in [6.45, 7) is 7.55. The quantitative estimate of drug-likeness (QED) is 0.761. The lowest BCUT2D eigenvalue weighted by Crippen LogP contribution is -2.03. The molecule has 0 saturated carbocycles. The number of imidazole rings is 1. The Bertz CT molecular complexity index is 514. The summed E-state index contributed by atoms with van der Waals surface area (Å²) in [5.41, 5.74) is 3.73. The highest BCUT2D eigenvalue weighted by atomic mass is 79.9. The fourth-order valence-corrected chi connectivity index (χ4v) is 2.53. The zero-order valence-electron chi connectivity index (χ0n) is 10.7. The largest absolute Gasteiger partial charge is 0.327 e. The minimum Gasteiger partial charge on any atom is -0.327 e. The summed E-state index contributed by atoms with van der Waals surface area (Å²) in [5, 5.41) is 0. The fraction of sp³-hybridized carbons (Fsp3) is 0.500. The lowest BCUT2D eigenvalue weighted by Gasteiger charge is -2.08. The van der Waals surface area contributed by atoms with Gasteiger partial charge in [0, 0.05) is 6.54 Å². The normalized spacial score (nSPS) is 13.2. The van der Waals surface area contributed by atoms with Crippen molar-refractivity contribution < 1.29 is 0 Å². The summed E-state index contributed by atoms with van der Waals surface area (Å²) in [4.78, 5) is 5.05. The SMILES string of the molecule is CCCn1c(C(C)Br)nc2cc(CC)ccc21. The van der Waals surface area contributed by atoms with E-state index in [1.165, 1.54) is 11.1 Å². The number of hydrogen-bond acceptors (Lipinski definition) is 1. The summed E-state index contributed by atoms with van der Waals surface area (Å²) < 4.78 is 2.33. The van der Waals surface area contributed by atoms with Gasteiger partial charge in [-0.3, -0.25) is 0 Å². The van der Waals surface area contributed by atoms with Gasteiger partial charge in [-0.1, -0.05) is 35.8 Å². The van der Waals surface area contributed by atoms with E-state index in [-0.39, 0.29) is 0 Å². The van der Waals surface area contributed by atoms with E-state index in [4.69, 9.17) is 4.98 Å². The molecule has 17 heavy (non-hydrogen) atoms. The van der Waals surface area contributed by atoms with Crippen molar-refractivity contribution in [1.82, 2.24) is 9.55 Å². The number of alkyl halides is 1. The molecule has 1 atom stereocenters. The van der Waals surface area contributed by atoms with Gasteiger partial charge in [-0.25, -0.2) is 4.98 Å². The van der Waals surface area contributed by atoms with Crippen LogP contribution in [-0.2, 0) is 13.0 Å². The van der Waals surface area contributed by atoms with Crippen molar-refractivity contribution in [2.24, 2.45) is 0 Å². The van der Waals surface area contributed by atoms with E-state index in [1.54, 1.807) is 0 Å². The fourth-order valence-electron chi connectivity index (χ4n) is 2.18. The molecule has 1 heterocycles. The van der Waals surface area contributed by atoms with Gasteiger partial charge in [0.1, 0.15) is 5.82 Å². The molecular formula is C14H19BrN2. The highest BCUT2D eigenvalue weighted by Gasteiger charge is 2.13.